The van der Waals surface area contributed by atoms with Crippen LogP contribution in [-0.4, -0.2) is 24.0 Å². The highest BCUT2D eigenvalue weighted by molar-refractivity contribution is 4.93. The second kappa shape index (κ2) is 4.00. The van der Waals surface area contributed by atoms with Crippen LogP contribution in [0.5, 0.6) is 0 Å². The van der Waals surface area contributed by atoms with Crippen molar-refractivity contribution in [2.75, 3.05) is 13.1 Å². The molecule has 1 aliphatic heterocycles. The zero-order valence-electron chi connectivity index (χ0n) is 9.13. The third-order valence-corrected chi connectivity index (χ3v) is 3.80. The van der Waals surface area contributed by atoms with Gasteiger partial charge in [-0.1, -0.05) is 26.7 Å². The molecule has 1 heteroatoms. The molecule has 0 amide bonds. The van der Waals surface area contributed by atoms with Gasteiger partial charge < -0.3 is 0 Å². The number of rotatable bonds is 3. The second-order valence-corrected chi connectivity index (χ2v) is 5.29. The van der Waals surface area contributed by atoms with Crippen molar-refractivity contribution in [1.82, 2.24) is 4.90 Å². The third kappa shape index (κ3) is 2.07. The molecule has 0 aromatic rings. The molecule has 1 saturated heterocycles. The van der Waals surface area contributed by atoms with Gasteiger partial charge in [-0.3, -0.25) is 4.90 Å². The van der Waals surface area contributed by atoms with E-state index in [1.807, 2.05) is 0 Å². The molecule has 0 bridgehead atoms. The lowest BCUT2D eigenvalue weighted by Gasteiger charge is -2.51. The van der Waals surface area contributed by atoms with E-state index in [-0.39, 0.29) is 0 Å². The average Bonchev–Trinajstić information content (AvgIpc) is 2.06. The molecule has 2 fully saturated rings. The van der Waals surface area contributed by atoms with Crippen molar-refractivity contribution in [1.29, 1.82) is 0 Å². The summed E-state index contributed by atoms with van der Waals surface area (Å²) in [4.78, 5) is 2.73. The first-order valence-corrected chi connectivity index (χ1v) is 6.01. The van der Waals surface area contributed by atoms with E-state index in [1.54, 1.807) is 0 Å². The fraction of sp³-hybridized carbons (Fsp3) is 1.00. The SMILES string of the molecule is CC(C)CCN1CC2CCCCC21. The van der Waals surface area contributed by atoms with Gasteiger partial charge in [0.1, 0.15) is 0 Å². The van der Waals surface area contributed by atoms with Gasteiger partial charge in [0.2, 0.25) is 0 Å². The van der Waals surface area contributed by atoms with Crippen LogP contribution in [0.1, 0.15) is 46.0 Å². The first-order chi connectivity index (χ1) is 6.27. The minimum Gasteiger partial charge on any atom is -0.300 e. The quantitative estimate of drug-likeness (QED) is 0.647. The Hall–Kier alpha value is -0.0400. The maximum Gasteiger partial charge on any atom is 0.0136 e. The summed E-state index contributed by atoms with van der Waals surface area (Å²) in [7, 11) is 0. The fourth-order valence-electron chi connectivity index (χ4n) is 2.86. The largest absolute Gasteiger partial charge is 0.300 e. The van der Waals surface area contributed by atoms with Crippen LogP contribution in [0.25, 0.3) is 0 Å². The van der Waals surface area contributed by atoms with Gasteiger partial charge in [-0.15, -0.1) is 0 Å². The van der Waals surface area contributed by atoms with Crippen LogP contribution in [0.4, 0.5) is 0 Å². The molecule has 1 saturated carbocycles. The molecule has 0 spiro atoms. The van der Waals surface area contributed by atoms with Crippen molar-refractivity contribution in [3.8, 4) is 0 Å². The van der Waals surface area contributed by atoms with Crippen LogP contribution in [0.15, 0.2) is 0 Å². The number of likely N-dealkylation sites (tertiary alicyclic amines) is 1. The summed E-state index contributed by atoms with van der Waals surface area (Å²) in [6.07, 6.45) is 7.38. The van der Waals surface area contributed by atoms with Gasteiger partial charge in [0.25, 0.3) is 0 Å². The van der Waals surface area contributed by atoms with E-state index in [0.717, 1.165) is 17.9 Å². The molecule has 0 aromatic carbocycles. The Morgan fingerprint density at radius 2 is 2.00 bits per heavy atom. The van der Waals surface area contributed by atoms with Crippen LogP contribution >= 0.6 is 0 Å². The molecule has 2 atom stereocenters. The Morgan fingerprint density at radius 3 is 2.69 bits per heavy atom. The van der Waals surface area contributed by atoms with Gasteiger partial charge in [-0.05, 0) is 37.6 Å². The van der Waals surface area contributed by atoms with E-state index >= 15 is 0 Å². The molecule has 0 N–H and O–H groups in total. The Bertz CT molecular complexity index is 165. The van der Waals surface area contributed by atoms with Crippen molar-refractivity contribution in [3.63, 3.8) is 0 Å². The van der Waals surface area contributed by atoms with E-state index < -0.39 is 0 Å². The van der Waals surface area contributed by atoms with E-state index in [0.29, 0.717) is 0 Å². The predicted octanol–water partition coefficient (Wildman–Crippen LogP) is 2.91. The van der Waals surface area contributed by atoms with Crippen molar-refractivity contribution >= 4 is 0 Å². The van der Waals surface area contributed by atoms with Gasteiger partial charge in [-0.25, -0.2) is 0 Å². The van der Waals surface area contributed by atoms with Crippen molar-refractivity contribution in [2.24, 2.45) is 11.8 Å². The van der Waals surface area contributed by atoms with Crippen molar-refractivity contribution in [3.05, 3.63) is 0 Å². The zero-order valence-corrected chi connectivity index (χ0v) is 9.13. The first-order valence-electron chi connectivity index (χ1n) is 6.01. The van der Waals surface area contributed by atoms with Crippen LogP contribution in [-0.2, 0) is 0 Å². The molecule has 2 aliphatic rings. The number of hydrogen-bond donors (Lipinski definition) is 0. The van der Waals surface area contributed by atoms with E-state index in [2.05, 4.69) is 18.7 Å². The summed E-state index contributed by atoms with van der Waals surface area (Å²) < 4.78 is 0. The van der Waals surface area contributed by atoms with Gasteiger partial charge in [-0.2, -0.15) is 0 Å². The lowest BCUT2D eigenvalue weighted by molar-refractivity contribution is -0.0167. The minimum atomic E-state index is 0.877. The summed E-state index contributed by atoms with van der Waals surface area (Å²) in [5.41, 5.74) is 0. The molecule has 2 unspecified atom stereocenters. The summed E-state index contributed by atoms with van der Waals surface area (Å²) in [6.45, 7) is 7.44. The first kappa shape index (κ1) is 9.51. The van der Waals surface area contributed by atoms with Gasteiger partial charge in [0.05, 0.1) is 0 Å². The molecule has 0 aromatic heterocycles. The van der Waals surface area contributed by atoms with Crippen molar-refractivity contribution < 1.29 is 0 Å². The molecule has 0 radical (unpaired) electrons. The summed E-state index contributed by atoms with van der Waals surface area (Å²) in [5.74, 6) is 1.96. The molecule has 1 heterocycles. The van der Waals surface area contributed by atoms with E-state index in [4.69, 9.17) is 0 Å². The average molecular weight is 181 g/mol. The van der Waals surface area contributed by atoms with Gasteiger partial charge >= 0.3 is 0 Å². The molecule has 1 aliphatic carbocycles. The standard InChI is InChI=1S/C12H23N/c1-10(2)7-8-13-9-11-5-3-4-6-12(11)13/h10-12H,3-9H2,1-2H3. The Labute approximate surface area is 82.5 Å². The maximum absolute atomic E-state index is 2.73. The molecular formula is C12H23N. The Balaban J connectivity index is 1.71. The Morgan fingerprint density at radius 1 is 1.23 bits per heavy atom. The molecule has 76 valence electrons. The number of fused-ring (bicyclic) bond motifs is 1. The number of nitrogens with zero attached hydrogens (tertiary/aromatic N) is 1. The zero-order chi connectivity index (χ0) is 9.26. The molecule has 2 rings (SSSR count). The van der Waals surface area contributed by atoms with E-state index in [9.17, 15) is 0 Å². The van der Waals surface area contributed by atoms with Gasteiger partial charge in [0.15, 0.2) is 0 Å². The van der Waals surface area contributed by atoms with E-state index in [1.165, 1.54) is 45.2 Å². The molecular weight excluding hydrogens is 158 g/mol. The second-order valence-electron chi connectivity index (χ2n) is 5.29. The van der Waals surface area contributed by atoms with Crippen LogP contribution < -0.4 is 0 Å². The summed E-state index contributed by atoms with van der Waals surface area (Å²) in [5, 5.41) is 0. The topological polar surface area (TPSA) is 3.24 Å². The monoisotopic (exact) mass is 181 g/mol. The van der Waals surface area contributed by atoms with Crippen LogP contribution in [0, 0.1) is 11.8 Å². The highest BCUT2D eigenvalue weighted by Crippen LogP contribution is 2.37. The van der Waals surface area contributed by atoms with Crippen molar-refractivity contribution in [2.45, 2.75) is 52.0 Å². The normalized spacial score (nSPS) is 34.4. The lowest BCUT2D eigenvalue weighted by atomic mass is 9.76. The summed E-state index contributed by atoms with van der Waals surface area (Å²) >= 11 is 0. The minimum absolute atomic E-state index is 0.877. The summed E-state index contributed by atoms with van der Waals surface area (Å²) in [6, 6.07) is 0.993. The molecule has 13 heavy (non-hydrogen) atoms. The Kier molecular flexibility index (Phi) is 2.92. The third-order valence-electron chi connectivity index (χ3n) is 3.80. The smallest absolute Gasteiger partial charge is 0.0136 e. The van der Waals surface area contributed by atoms with Crippen LogP contribution in [0.2, 0.25) is 0 Å². The number of hydrogen-bond acceptors (Lipinski definition) is 1. The fourth-order valence-corrected chi connectivity index (χ4v) is 2.86. The van der Waals surface area contributed by atoms with Crippen LogP contribution in [0.3, 0.4) is 0 Å². The highest BCUT2D eigenvalue weighted by atomic mass is 15.2. The lowest BCUT2D eigenvalue weighted by Crippen LogP contribution is -2.57. The molecule has 1 nitrogen and oxygen atoms in total. The highest BCUT2D eigenvalue weighted by Gasteiger charge is 2.39. The predicted molar refractivity (Wildman–Crippen MR) is 56.8 cm³/mol. The maximum atomic E-state index is 2.73. The van der Waals surface area contributed by atoms with Gasteiger partial charge in [0, 0.05) is 12.6 Å².